The number of carbonyl (C=O) groups excluding carboxylic acids is 8. The number of aryl methyl sites for hydroxylation is 5. The smallest absolute Gasteiger partial charge is 0.308 e. The molecule has 4 saturated heterocycles. The Labute approximate surface area is 829 Å². The first-order valence-electron chi connectivity index (χ1n) is 46.3. The van der Waals surface area contributed by atoms with E-state index in [4.69, 9.17) is 37.9 Å². The van der Waals surface area contributed by atoms with Crippen LogP contribution in [0.25, 0.3) is 0 Å². The number of ether oxygens (including phenoxy) is 8. The molecule has 8 bridgehead atoms. The Bertz CT molecular complexity index is 5930. The molecule has 27 heteroatoms. The summed E-state index contributed by atoms with van der Waals surface area (Å²) in [5.41, 5.74) is 11.8. The molecule has 20 rings (SSSR count). The van der Waals surface area contributed by atoms with E-state index in [1.165, 1.54) is 67.9 Å². The van der Waals surface area contributed by atoms with Crippen molar-refractivity contribution in [3.05, 3.63) is 280 Å². The summed E-state index contributed by atoms with van der Waals surface area (Å²) in [6.45, 7) is 19.2. The van der Waals surface area contributed by atoms with Gasteiger partial charge in [0.25, 0.3) is 0 Å². The minimum absolute atomic E-state index is 0.000423. The highest BCUT2D eigenvalue weighted by Gasteiger charge is 2.65. The van der Waals surface area contributed by atoms with Crippen LogP contribution in [0.15, 0.2) is 221 Å². The average molecular weight is 2040 g/mol. The lowest BCUT2D eigenvalue weighted by Gasteiger charge is -2.59. The molecule has 0 aromatic heterocycles. The highest BCUT2D eigenvalue weighted by Crippen LogP contribution is 2.69. The van der Waals surface area contributed by atoms with E-state index in [2.05, 4.69) is 184 Å². The van der Waals surface area contributed by atoms with E-state index in [1.54, 1.807) is 45.2 Å². The Morgan fingerprint density at radius 2 is 0.610 bits per heavy atom. The molecule has 4 fully saturated rings. The molecular formula is C109H115Br2FN4O16S4. The van der Waals surface area contributed by atoms with Crippen molar-refractivity contribution >= 4 is 126 Å². The molecule has 0 saturated carbocycles. The van der Waals surface area contributed by atoms with Crippen molar-refractivity contribution in [2.24, 2.45) is 23.7 Å². The van der Waals surface area contributed by atoms with Crippen LogP contribution < -0.4 is 18.9 Å². The summed E-state index contributed by atoms with van der Waals surface area (Å²) in [5, 5.41) is 0.269. The highest BCUT2D eigenvalue weighted by atomic mass is 79.9. The number of likely N-dealkylation sites (N-methyl/N-ethyl adjacent to an activating group) is 4. The zero-order valence-electron chi connectivity index (χ0n) is 79.7. The minimum Gasteiger partial charge on any atom is -0.493 e. The predicted molar refractivity (Wildman–Crippen MR) is 534 cm³/mol. The van der Waals surface area contributed by atoms with Crippen LogP contribution in [0.5, 0.6) is 23.0 Å². The quantitative estimate of drug-likeness (QED) is 0.0647. The molecule has 0 radical (unpaired) electrons. The minimum atomic E-state index is -0.470. The van der Waals surface area contributed by atoms with Gasteiger partial charge >= 0.3 is 23.9 Å². The van der Waals surface area contributed by atoms with Crippen LogP contribution in [0.2, 0.25) is 0 Å². The van der Waals surface area contributed by atoms with E-state index in [0.717, 1.165) is 132 Å². The molecule has 12 aliphatic rings. The summed E-state index contributed by atoms with van der Waals surface area (Å²) in [6.07, 6.45) is 12.8. The molecule has 8 aliphatic carbocycles. The highest BCUT2D eigenvalue weighted by molar-refractivity contribution is 9.10. The van der Waals surface area contributed by atoms with Gasteiger partial charge in [-0.25, -0.2) is 4.39 Å². The number of halogens is 3. The predicted octanol–water partition coefficient (Wildman–Crippen LogP) is 21.3. The number of hydrogen-bond donors (Lipinski definition) is 0. The molecule has 4 aliphatic heterocycles. The summed E-state index contributed by atoms with van der Waals surface area (Å²) < 4.78 is 61.2. The number of hydrogen-bond acceptors (Lipinski definition) is 24. The third-order valence-electron chi connectivity index (χ3n) is 30.5. The molecule has 712 valence electrons. The molecular weight excluding hydrogens is 1930 g/mol. The van der Waals surface area contributed by atoms with Crippen molar-refractivity contribution in [1.82, 2.24) is 19.6 Å². The van der Waals surface area contributed by atoms with Crippen molar-refractivity contribution in [2.45, 2.75) is 200 Å². The van der Waals surface area contributed by atoms with Crippen molar-refractivity contribution in [1.29, 1.82) is 0 Å². The van der Waals surface area contributed by atoms with Gasteiger partial charge < -0.3 is 57.5 Å². The molecule has 8 aromatic rings. The van der Waals surface area contributed by atoms with Crippen LogP contribution >= 0.6 is 78.9 Å². The van der Waals surface area contributed by atoms with Gasteiger partial charge in [-0.05, 0) is 272 Å². The maximum atomic E-state index is 13.6. The Balaban J connectivity index is 0.000000126. The lowest BCUT2D eigenvalue weighted by Crippen LogP contribution is -2.61. The van der Waals surface area contributed by atoms with Crippen LogP contribution in [0, 0.1) is 64.1 Å². The number of methoxy groups -OCH3 is 4. The molecule has 136 heavy (non-hydrogen) atoms. The van der Waals surface area contributed by atoms with Crippen LogP contribution in [-0.4, -0.2) is 174 Å². The summed E-state index contributed by atoms with van der Waals surface area (Å²) in [5.74, 6) is 2.75. The number of allylic oxidation sites excluding steroid dienone is 4. The average Bonchev–Trinajstić information content (AvgIpc) is 0.706. The fourth-order valence-electron chi connectivity index (χ4n) is 24.5. The number of fused-ring (bicyclic) bond motifs is 4. The summed E-state index contributed by atoms with van der Waals surface area (Å²) in [6, 6.07) is 49.0. The first-order chi connectivity index (χ1) is 65.0. The van der Waals surface area contributed by atoms with Gasteiger partial charge in [0.1, 0.15) is 28.8 Å². The number of nitrogens with zero attached hydrogens (tertiary/aromatic N) is 4. The van der Waals surface area contributed by atoms with Crippen molar-refractivity contribution in [3.8, 4) is 23.0 Å². The van der Waals surface area contributed by atoms with Crippen LogP contribution in [-0.2, 0) is 79.0 Å². The number of piperidine rings is 4. The lowest BCUT2D eigenvalue weighted by molar-refractivity contribution is -0.133. The number of likely N-dealkylation sites (tertiary alicyclic amines) is 4. The van der Waals surface area contributed by atoms with Crippen molar-refractivity contribution < 1.29 is 80.6 Å². The Hall–Kier alpha value is -9.39. The summed E-state index contributed by atoms with van der Waals surface area (Å²) >= 11 is 14.4. The molecule has 16 atom stereocenters. The van der Waals surface area contributed by atoms with E-state index in [9.17, 15) is 42.7 Å². The Morgan fingerprint density at radius 1 is 0.346 bits per heavy atom. The van der Waals surface area contributed by atoms with Gasteiger partial charge in [0.05, 0.1) is 49.4 Å². The number of esters is 4. The molecule has 0 amide bonds. The monoisotopic (exact) mass is 2040 g/mol. The normalized spacial score (nSPS) is 28.0. The van der Waals surface area contributed by atoms with Crippen molar-refractivity contribution in [2.75, 3.05) is 82.8 Å². The van der Waals surface area contributed by atoms with Gasteiger partial charge in [-0.3, -0.25) is 38.4 Å². The van der Waals surface area contributed by atoms with Gasteiger partial charge in [0.15, 0.2) is 46.2 Å². The molecule has 0 unspecified atom stereocenters. The topological polar surface area (TPSA) is 223 Å². The Morgan fingerprint density at radius 3 is 0.890 bits per heavy atom. The lowest BCUT2D eigenvalue weighted by atomic mass is 9.53. The fourth-order valence-corrected chi connectivity index (χ4v) is 31.1. The van der Waals surface area contributed by atoms with Gasteiger partial charge in [-0.2, -0.15) is 0 Å². The number of carbonyl (C=O) groups is 8. The van der Waals surface area contributed by atoms with Gasteiger partial charge in [-0.15, -0.1) is 47.0 Å². The number of rotatable bonds is 16. The van der Waals surface area contributed by atoms with Gasteiger partial charge in [0, 0.05) is 174 Å². The second-order valence-electron chi connectivity index (χ2n) is 38.3. The summed E-state index contributed by atoms with van der Waals surface area (Å²) in [7, 11) is 14.9. The third-order valence-corrected chi connectivity index (χ3v) is 37.5. The zero-order valence-corrected chi connectivity index (χ0v) is 86.1. The van der Waals surface area contributed by atoms with Gasteiger partial charge in [-0.1, -0.05) is 94.8 Å². The second-order valence-corrected chi connectivity index (χ2v) is 44.9. The van der Waals surface area contributed by atoms with Crippen molar-refractivity contribution in [3.63, 3.8) is 0 Å². The number of benzene rings is 8. The first kappa shape index (κ1) is 98.2. The third kappa shape index (κ3) is 17.6. The molecule has 0 spiro atoms. The fraction of sp³-hybridized carbons (Fsp3) is 0.413. The molecule has 0 N–H and O–H groups in total. The molecule has 4 heterocycles. The number of Topliss-reactive ketones (excluding diaryl/α,β-unsaturated/α-hetero) is 4. The van der Waals surface area contributed by atoms with Gasteiger partial charge in [0.2, 0.25) is 0 Å². The largest absolute Gasteiger partial charge is 0.493 e. The van der Waals surface area contributed by atoms with Crippen LogP contribution in [0.3, 0.4) is 0 Å². The van der Waals surface area contributed by atoms with E-state index in [1.807, 2.05) is 112 Å². The molecule has 20 nitrogen and oxygen atoms in total. The van der Waals surface area contributed by atoms with E-state index >= 15 is 0 Å². The summed E-state index contributed by atoms with van der Waals surface area (Å²) in [4.78, 5) is 115. The number of thioether (sulfide) groups is 4. The van der Waals surface area contributed by atoms with Crippen LogP contribution in [0.1, 0.15) is 172 Å². The number of ketones is 4. The van der Waals surface area contributed by atoms with Crippen LogP contribution in [0.4, 0.5) is 4.39 Å². The molecule has 8 aromatic carbocycles. The van der Waals surface area contributed by atoms with E-state index in [-0.39, 0.29) is 122 Å². The standard InChI is InChI=1S/C28H31NO4S.2C27H28BrNO4S.C27H28FNO4S/c1-16-8-6-7-9-23(16)34-27-19-11-10-17(2)26(33-18(3)30)24(19)28-12-13-29(4)25(27)20(28)14-22(32-5)21(31)15-28;1-15-5-10-19-23(25(15)33-16(2)30)27-11-12-29(3)24(20(27)13-22(32-4)21(31)14-27)26(19)34-18-8-6-17(28)7-9-18;1-15-9-10-17-23(25(15)33-16(2)30)27-11-12-29(3)24(18(27)13-21(32-4)20(31)14-27)26(17)34-22-8-6-5-7-19(22)28;1-15-5-10-19-23(25(15)33-16(2)30)27-11-12-29(3)24(20(27)13-22(32-4)21(31)14-27)26(19)34-18-8-6-17(28)7-9-18/h6-11,14,20,25,27H,12-13,15H2,1-5H3;5-10,13,20,24,26H,11-12,14H2,1-4H3;5-10,13,18,24,26H,11-12,14H2,1-4H3;5-10,13,20,24,26H,11-12,14H2,1-4H3/t20-,25-,27-,28-;20-,24-,26-,27-;18-,24-,26-,27-;20-,24-,26-,27-/m1111/s1. The maximum Gasteiger partial charge on any atom is 0.308 e. The Kier molecular flexibility index (Phi) is 28.4. The SMILES string of the molecule is COC1=C[C@@H]2[C@@H]3[C@H](Sc4ccc(Br)cc4)c4ccc(C)c(OC(C)=O)c4[C@]2(CCN3C)CC1=O.COC1=C[C@@H]2[C@@H]3[C@H](Sc4ccc(F)cc4)c4ccc(C)c(OC(C)=O)c4[C@]2(CCN3C)CC1=O.COC1=C[C@@H]2[C@@H]3[C@H](Sc4ccccc4Br)c4ccc(C)c(OC(C)=O)c4[C@]2(CCN3C)CC1=O.COC1=C[C@@H]2[C@@H]3[C@H](Sc4ccccc4C)c4ccc(C)c(OC(C)=O)c4[C@]2(CCN3C)CC1=O. The maximum absolute atomic E-state index is 13.6. The second kappa shape index (κ2) is 39.4. The zero-order chi connectivity index (χ0) is 96.8. The first-order valence-corrected chi connectivity index (χ1v) is 51.4. The van der Waals surface area contributed by atoms with E-state index < -0.39 is 21.7 Å². The van der Waals surface area contributed by atoms with E-state index in [0.29, 0.717) is 71.7 Å².